The number of thiophene rings is 1. The van der Waals surface area contributed by atoms with E-state index in [0.717, 1.165) is 18.1 Å². The van der Waals surface area contributed by atoms with Crippen LogP contribution in [0.25, 0.3) is 0 Å². The van der Waals surface area contributed by atoms with E-state index in [1.165, 1.54) is 5.56 Å². The number of hydrogen-bond acceptors (Lipinski definition) is 4. The summed E-state index contributed by atoms with van der Waals surface area (Å²) in [5, 5.41) is 7.72. The fourth-order valence-corrected chi connectivity index (χ4v) is 2.71. The number of nitrogens with one attached hydrogen (secondary N) is 1. The molecule has 0 aromatic carbocycles. The number of nitrogens with zero attached hydrogens (tertiary/aromatic N) is 2. The summed E-state index contributed by atoms with van der Waals surface area (Å²) in [6.45, 7) is 0.793. The molecule has 98 valence electrons. The van der Waals surface area contributed by atoms with Gasteiger partial charge in [-0.1, -0.05) is 0 Å². The molecule has 0 saturated heterocycles. The maximum atomic E-state index is 5.53. The van der Waals surface area contributed by atoms with E-state index in [0.29, 0.717) is 0 Å². The van der Waals surface area contributed by atoms with Crippen molar-refractivity contribution in [2.45, 2.75) is 12.6 Å². The molecule has 0 amide bonds. The number of hydrogen-bond donors (Lipinski definition) is 1. The second-order valence-corrected chi connectivity index (χ2v) is 5.14. The second-order valence-electron chi connectivity index (χ2n) is 4.36. The van der Waals surface area contributed by atoms with E-state index in [9.17, 15) is 0 Å². The monoisotopic (exact) mass is 273 g/mol. The second kappa shape index (κ2) is 5.42. The van der Waals surface area contributed by atoms with Crippen molar-refractivity contribution < 1.29 is 4.42 Å². The number of imidazole rings is 1. The number of furan rings is 1. The van der Waals surface area contributed by atoms with Crippen molar-refractivity contribution in [2.75, 3.05) is 0 Å². The van der Waals surface area contributed by atoms with Gasteiger partial charge in [0.1, 0.15) is 17.6 Å². The Labute approximate surface area is 115 Å². The molecule has 0 aliphatic carbocycles. The minimum absolute atomic E-state index is 0.0325. The van der Waals surface area contributed by atoms with Crippen LogP contribution in [0, 0.1) is 0 Å². The Balaban J connectivity index is 1.83. The first-order valence-corrected chi connectivity index (χ1v) is 7.04. The molecule has 0 bridgehead atoms. The van der Waals surface area contributed by atoms with Gasteiger partial charge in [-0.15, -0.1) is 0 Å². The van der Waals surface area contributed by atoms with Gasteiger partial charge in [0.2, 0.25) is 0 Å². The van der Waals surface area contributed by atoms with E-state index >= 15 is 0 Å². The van der Waals surface area contributed by atoms with Crippen LogP contribution in [-0.4, -0.2) is 9.55 Å². The molecule has 3 aromatic heterocycles. The molecule has 1 N–H and O–H groups in total. The summed E-state index contributed by atoms with van der Waals surface area (Å²) in [6, 6.07) is 5.96. The number of aryl methyl sites for hydroxylation is 1. The third-order valence-corrected chi connectivity index (χ3v) is 3.77. The molecule has 3 rings (SSSR count). The molecule has 0 aliphatic rings. The molecule has 19 heavy (non-hydrogen) atoms. The summed E-state index contributed by atoms with van der Waals surface area (Å²) in [5.41, 5.74) is 1.27. The Morgan fingerprint density at radius 1 is 1.47 bits per heavy atom. The minimum Gasteiger partial charge on any atom is -0.467 e. The maximum absolute atomic E-state index is 5.53. The van der Waals surface area contributed by atoms with Gasteiger partial charge in [0.25, 0.3) is 0 Å². The minimum atomic E-state index is -0.0325. The molecular weight excluding hydrogens is 258 g/mol. The van der Waals surface area contributed by atoms with Gasteiger partial charge in [0, 0.05) is 26.0 Å². The summed E-state index contributed by atoms with van der Waals surface area (Å²) in [7, 11) is 1.99. The van der Waals surface area contributed by atoms with E-state index in [-0.39, 0.29) is 6.04 Å². The lowest BCUT2D eigenvalue weighted by Gasteiger charge is -2.16. The molecule has 1 atom stereocenters. The number of aromatic nitrogens is 2. The summed E-state index contributed by atoms with van der Waals surface area (Å²) in [4.78, 5) is 4.42. The van der Waals surface area contributed by atoms with Gasteiger partial charge >= 0.3 is 0 Å². The normalized spacial score (nSPS) is 12.7. The highest BCUT2D eigenvalue weighted by molar-refractivity contribution is 7.07. The van der Waals surface area contributed by atoms with E-state index < -0.39 is 0 Å². The lowest BCUT2D eigenvalue weighted by atomic mass is 10.2. The highest BCUT2D eigenvalue weighted by Gasteiger charge is 2.20. The summed E-state index contributed by atoms with van der Waals surface area (Å²) in [5.74, 6) is 1.83. The fraction of sp³-hybridized carbons (Fsp3) is 0.214. The lowest BCUT2D eigenvalue weighted by Crippen LogP contribution is -2.24. The zero-order valence-corrected chi connectivity index (χ0v) is 11.4. The largest absolute Gasteiger partial charge is 0.467 e. The van der Waals surface area contributed by atoms with E-state index in [1.54, 1.807) is 23.8 Å². The molecule has 0 saturated carbocycles. The van der Waals surface area contributed by atoms with Crippen molar-refractivity contribution in [3.8, 4) is 0 Å². The summed E-state index contributed by atoms with van der Waals surface area (Å²) in [6.07, 6.45) is 5.44. The first kappa shape index (κ1) is 12.2. The first-order chi connectivity index (χ1) is 9.34. The summed E-state index contributed by atoms with van der Waals surface area (Å²) < 4.78 is 7.54. The first-order valence-electron chi connectivity index (χ1n) is 6.09. The van der Waals surface area contributed by atoms with Crippen LogP contribution in [0.3, 0.4) is 0 Å². The molecule has 3 aromatic rings. The molecule has 1 unspecified atom stereocenters. The van der Waals surface area contributed by atoms with Crippen LogP contribution in [0.1, 0.15) is 23.2 Å². The lowest BCUT2D eigenvalue weighted by molar-refractivity contribution is 0.429. The van der Waals surface area contributed by atoms with Gasteiger partial charge in [0.05, 0.1) is 6.26 Å². The van der Waals surface area contributed by atoms with Crippen molar-refractivity contribution in [2.24, 2.45) is 7.05 Å². The van der Waals surface area contributed by atoms with Crippen LogP contribution in [0.2, 0.25) is 0 Å². The highest BCUT2D eigenvalue weighted by atomic mass is 32.1. The van der Waals surface area contributed by atoms with Gasteiger partial charge in [-0.25, -0.2) is 4.98 Å². The number of rotatable bonds is 5. The van der Waals surface area contributed by atoms with E-state index in [4.69, 9.17) is 4.42 Å². The Morgan fingerprint density at radius 3 is 3.05 bits per heavy atom. The van der Waals surface area contributed by atoms with Gasteiger partial charge in [-0.2, -0.15) is 11.3 Å². The van der Waals surface area contributed by atoms with E-state index in [1.807, 2.05) is 29.9 Å². The standard InChI is InChI=1S/C14H15N3OS/c1-17-6-5-15-14(17)13(12-3-2-7-18-12)16-9-11-4-8-19-10-11/h2-8,10,13,16H,9H2,1H3. The third-order valence-electron chi connectivity index (χ3n) is 3.03. The van der Waals surface area contributed by atoms with Crippen LogP contribution >= 0.6 is 11.3 Å². The molecule has 0 radical (unpaired) electrons. The predicted molar refractivity (Wildman–Crippen MR) is 74.9 cm³/mol. The van der Waals surface area contributed by atoms with Gasteiger partial charge in [-0.05, 0) is 34.5 Å². The van der Waals surface area contributed by atoms with Crippen LogP contribution < -0.4 is 5.32 Å². The summed E-state index contributed by atoms with van der Waals surface area (Å²) >= 11 is 1.71. The third kappa shape index (κ3) is 2.62. The van der Waals surface area contributed by atoms with Crippen molar-refractivity contribution in [1.29, 1.82) is 0 Å². The zero-order chi connectivity index (χ0) is 13.1. The van der Waals surface area contributed by atoms with Crippen molar-refractivity contribution >= 4 is 11.3 Å². The van der Waals surface area contributed by atoms with Crippen LogP contribution in [0.4, 0.5) is 0 Å². The van der Waals surface area contributed by atoms with Crippen LogP contribution in [-0.2, 0) is 13.6 Å². The van der Waals surface area contributed by atoms with Crippen LogP contribution in [0.5, 0.6) is 0 Å². The molecule has 0 fully saturated rings. The highest BCUT2D eigenvalue weighted by Crippen LogP contribution is 2.21. The predicted octanol–water partition coefficient (Wildman–Crippen LogP) is 2.95. The van der Waals surface area contributed by atoms with Crippen molar-refractivity contribution in [3.63, 3.8) is 0 Å². The molecule has 3 heterocycles. The van der Waals surface area contributed by atoms with Gasteiger partial charge in [-0.3, -0.25) is 5.32 Å². The average molecular weight is 273 g/mol. The van der Waals surface area contributed by atoms with Crippen molar-refractivity contribution in [3.05, 3.63) is 64.8 Å². The Morgan fingerprint density at radius 2 is 2.42 bits per heavy atom. The van der Waals surface area contributed by atoms with Gasteiger partial charge < -0.3 is 8.98 Å². The zero-order valence-electron chi connectivity index (χ0n) is 10.6. The topological polar surface area (TPSA) is 43.0 Å². The molecule has 0 aliphatic heterocycles. The fourth-order valence-electron chi connectivity index (χ4n) is 2.04. The Bertz CT molecular complexity index is 613. The molecule has 4 nitrogen and oxygen atoms in total. The Hall–Kier alpha value is -1.85. The SMILES string of the molecule is Cn1ccnc1C(NCc1ccsc1)c1ccco1. The quantitative estimate of drug-likeness (QED) is 0.777. The average Bonchev–Trinajstić information content (AvgIpc) is 3.13. The molecule has 0 spiro atoms. The Kier molecular flexibility index (Phi) is 3.48. The van der Waals surface area contributed by atoms with Crippen LogP contribution in [0.15, 0.2) is 52.0 Å². The van der Waals surface area contributed by atoms with Crippen molar-refractivity contribution in [1.82, 2.24) is 14.9 Å². The smallest absolute Gasteiger partial charge is 0.133 e. The molecule has 5 heteroatoms. The molecular formula is C14H15N3OS. The van der Waals surface area contributed by atoms with Gasteiger partial charge in [0.15, 0.2) is 0 Å². The maximum Gasteiger partial charge on any atom is 0.133 e. The van der Waals surface area contributed by atoms with E-state index in [2.05, 4.69) is 27.1 Å².